The number of thiophene rings is 1. The predicted octanol–water partition coefficient (Wildman–Crippen LogP) is 16.6. The smallest absolute Gasteiger partial charge is 0.132 e. The van der Waals surface area contributed by atoms with Crippen LogP contribution in [0.15, 0.2) is 212 Å². The number of fused-ring (bicyclic) bond motifs is 12. The molecule has 0 fully saturated rings. The lowest BCUT2D eigenvalue weighted by molar-refractivity contribution is 0.436. The topological polar surface area (TPSA) is 12.5 Å². The Labute approximate surface area is 362 Å². The molecule has 2 heterocycles. The summed E-state index contributed by atoms with van der Waals surface area (Å²) in [5.74, 6) is 1.77. The second-order valence-electron chi connectivity index (χ2n) is 16.7. The van der Waals surface area contributed by atoms with Gasteiger partial charge in [-0.3, -0.25) is 0 Å². The average Bonchev–Trinajstić information content (AvgIpc) is 3.86. The van der Waals surface area contributed by atoms with Crippen molar-refractivity contribution in [1.82, 2.24) is 0 Å². The molecule has 0 saturated heterocycles. The van der Waals surface area contributed by atoms with Gasteiger partial charge in [0.25, 0.3) is 0 Å². The van der Waals surface area contributed by atoms with Gasteiger partial charge >= 0.3 is 0 Å². The van der Waals surface area contributed by atoms with Crippen LogP contribution in [0.25, 0.3) is 74.7 Å². The van der Waals surface area contributed by atoms with E-state index >= 15 is 0 Å². The molecular weight excluding hydrogens is 771 g/mol. The largest absolute Gasteiger partial charge is 0.457 e. The number of rotatable bonds is 4. The van der Waals surface area contributed by atoms with Crippen LogP contribution in [-0.2, 0) is 5.41 Å². The lowest BCUT2D eigenvalue weighted by Gasteiger charge is -2.40. The van der Waals surface area contributed by atoms with Crippen LogP contribution in [0.3, 0.4) is 0 Å². The van der Waals surface area contributed by atoms with Crippen LogP contribution in [0, 0.1) is 0 Å². The Morgan fingerprint density at radius 2 is 1.00 bits per heavy atom. The second kappa shape index (κ2) is 12.7. The molecule has 1 aliphatic carbocycles. The van der Waals surface area contributed by atoms with Crippen molar-refractivity contribution in [2.24, 2.45) is 0 Å². The van der Waals surface area contributed by atoms with Crippen molar-refractivity contribution in [2.75, 3.05) is 4.90 Å². The number of para-hydroxylation sites is 2. The van der Waals surface area contributed by atoms with Crippen LogP contribution in [0.1, 0.15) is 22.3 Å². The first-order valence-electron chi connectivity index (χ1n) is 21.3. The first-order valence-corrected chi connectivity index (χ1v) is 22.1. The third-order valence-corrected chi connectivity index (χ3v) is 14.8. The van der Waals surface area contributed by atoms with Gasteiger partial charge in [0.2, 0.25) is 0 Å². The van der Waals surface area contributed by atoms with Gasteiger partial charge in [-0.05, 0) is 126 Å². The molecular formula is C59H35NOS. The molecule has 0 N–H and O–H groups in total. The number of ether oxygens (including phenoxy) is 1. The standard InChI is InChI=1S/C59H35NOS/c1-2-15-41(16-3-1)60(42-29-32-53-50(35-42)59(49-22-9-10-23-52(49)61-53)47-20-7-4-17-44(47)45-18-5-8-21-48(45)59)51-31-30-43(58-57(51)46-19-6-11-24-54(46)62-58)40-33-38-27-25-36-13-12-14-37-26-28-39(34-40)56(38)55(36)37/h1-35H. The van der Waals surface area contributed by atoms with E-state index < -0.39 is 5.41 Å². The normalized spacial score (nSPS) is 13.4. The monoisotopic (exact) mass is 805 g/mol. The summed E-state index contributed by atoms with van der Waals surface area (Å²) in [4.78, 5) is 2.47. The van der Waals surface area contributed by atoms with Gasteiger partial charge in [0, 0.05) is 42.7 Å². The zero-order valence-electron chi connectivity index (χ0n) is 33.5. The predicted molar refractivity (Wildman–Crippen MR) is 261 cm³/mol. The number of hydrogen-bond donors (Lipinski definition) is 0. The lowest BCUT2D eigenvalue weighted by Crippen LogP contribution is -2.32. The van der Waals surface area contributed by atoms with E-state index in [4.69, 9.17) is 4.74 Å². The molecule has 0 radical (unpaired) electrons. The summed E-state index contributed by atoms with van der Waals surface area (Å²) in [7, 11) is 0. The van der Waals surface area contributed by atoms with Crippen LogP contribution < -0.4 is 9.64 Å². The summed E-state index contributed by atoms with van der Waals surface area (Å²) in [5, 5.41) is 10.3. The number of benzene rings is 11. The fourth-order valence-electron chi connectivity index (χ4n) is 11.1. The van der Waals surface area contributed by atoms with Crippen molar-refractivity contribution in [3.05, 3.63) is 235 Å². The van der Waals surface area contributed by atoms with E-state index in [2.05, 4.69) is 217 Å². The fourth-order valence-corrected chi connectivity index (χ4v) is 12.4. The molecule has 62 heavy (non-hydrogen) atoms. The van der Waals surface area contributed by atoms with Gasteiger partial charge in [0.1, 0.15) is 11.5 Å². The summed E-state index contributed by atoms with van der Waals surface area (Å²) in [6.07, 6.45) is 0. The van der Waals surface area contributed by atoms with E-state index in [0.717, 1.165) is 39.7 Å². The van der Waals surface area contributed by atoms with Crippen molar-refractivity contribution in [3.8, 4) is 33.8 Å². The highest BCUT2D eigenvalue weighted by Crippen LogP contribution is 2.63. The van der Waals surface area contributed by atoms with E-state index in [-0.39, 0.29) is 0 Å². The maximum Gasteiger partial charge on any atom is 0.132 e. The van der Waals surface area contributed by atoms with Crippen molar-refractivity contribution in [3.63, 3.8) is 0 Å². The summed E-state index contributed by atoms with van der Waals surface area (Å²) in [5.41, 5.74) is 12.6. The Bertz CT molecular complexity index is 3700. The minimum Gasteiger partial charge on any atom is -0.457 e. The Kier molecular flexibility index (Phi) is 6.95. The second-order valence-corrected chi connectivity index (χ2v) is 17.8. The average molecular weight is 806 g/mol. The Hall–Kier alpha value is -7.72. The number of hydrogen-bond acceptors (Lipinski definition) is 3. The molecule has 0 amide bonds. The molecule has 1 aliphatic heterocycles. The molecule has 288 valence electrons. The van der Waals surface area contributed by atoms with Gasteiger partial charge in [-0.25, -0.2) is 0 Å². The van der Waals surface area contributed by atoms with Gasteiger partial charge in [-0.2, -0.15) is 0 Å². The molecule has 2 nitrogen and oxygen atoms in total. The van der Waals surface area contributed by atoms with Crippen molar-refractivity contribution in [1.29, 1.82) is 0 Å². The zero-order valence-corrected chi connectivity index (χ0v) is 34.3. The van der Waals surface area contributed by atoms with Crippen molar-refractivity contribution >= 4 is 80.9 Å². The van der Waals surface area contributed by atoms with Gasteiger partial charge in [0.15, 0.2) is 0 Å². The van der Waals surface area contributed by atoms with Gasteiger partial charge in [-0.1, -0.05) is 152 Å². The van der Waals surface area contributed by atoms with Crippen LogP contribution in [0.5, 0.6) is 11.5 Å². The molecule has 1 aromatic heterocycles. The summed E-state index contributed by atoms with van der Waals surface area (Å²) >= 11 is 1.89. The Morgan fingerprint density at radius 1 is 0.387 bits per heavy atom. The molecule has 0 atom stereocenters. The number of nitrogens with zero attached hydrogens (tertiary/aromatic N) is 1. The van der Waals surface area contributed by atoms with Gasteiger partial charge in [0.05, 0.1) is 11.1 Å². The number of anilines is 3. The van der Waals surface area contributed by atoms with Crippen molar-refractivity contribution < 1.29 is 4.74 Å². The van der Waals surface area contributed by atoms with Crippen LogP contribution >= 0.6 is 11.3 Å². The molecule has 0 saturated carbocycles. The fraction of sp³-hybridized carbons (Fsp3) is 0.0169. The molecule has 14 rings (SSSR count). The zero-order chi connectivity index (χ0) is 40.5. The summed E-state index contributed by atoms with van der Waals surface area (Å²) < 4.78 is 9.43. The highest BCUT2D eigenvalue weighted by molar-refractivity contribution is 7.26. The Morgan fingerprint density at radius 3 is 1.76 bits per heavy atom. The van der Waals surface area contributed by atoms with Gasteiger partial charge in [-0.15, -0.1) is 11.3 Å². The quantitative estimate of drug-likeness (QED) is 0.164. The Balaban J connectivity index is 1.03. The molecule has 1 spiro atoms. The molecule has 0 unspecified atom stereocenters. The minimum atomic E-state index is -0.569. The third-order valence-electron chi connectivity index (χ3n) is 13.6. The SMILES string of the molecule is c1ccc(N(c2ccc3c(c2)C2(c4ccccc4O3)c3ccccc3-c3ccccc32)c2ccc(-c3cc4ccc5cccc6ccc(c3)c4c56)c3sc4ccccc4c23)cc1. The molecule has 0 bridgehead atoms. The van der Waals surface area contributed by atoms with E-state index in [9.17, 15) is 0 Å². The summed E-state index contributed by atoms with van der Waals surface area (Å²) in [6.45, 7) is 0. The van der Waals surface area contributed by atoms with Crippen LogP contribution in [0.2, 0.25) is 0 Å². The molecule has 11 aromatic carbocycles. The first kappa shape index (κ1) is 34.0. The maximum absolute atomic E-state index is 6.88. The van der Waals surface area contributed by atoms with E-state index in [1.54, 1.807) is 0 Å². The molecule has 12 aromatic rings. The van der Waals surface area contributed by atoms with Crippen LogP contribution in [0.4, 0.5) is 17.1 Å². The highest BCUT2D eigenvalue weighted by Gasteiger charge is 2.51. The van der Waals surface area contributed by atoms with Crippen molar-refractivity contribution in [2.45, 2.75) is 5.41 Å². The summed E-state index contributed by atoms with van der Waals surface area (Å²) in [6, 6.07) is 78.4. The molecule has 2 aliphatic rings. The van der Waals surface area contributed by atoms with Crippen LogP contribution in [-0.4, -0.2) is 0 Å². The lowest BCUT2D eigenvalue weighted by atomic mass is 9.66. The first-order chi connectivity index (χ1) is 30.7. The third kappa shape index (κ3) is 4.53. The highest BCUT2D eigenvalue weighted by atomic mass is 32.1. The molecule has 3 heteroatoms. The van der Waals surface area contributed by atoms with E-state index in [0.29, 0.717) is 0 Å². The van der Waals surface area contributed by atoms with E-state index in [1.807, 2.05) is 11.3 Å². The maximum atomic E-state index is 6.88. The minimum absolute atomic E-state index is 0.569. The van der Waals surface area contributed by atoms with E-state index in [1.165, 1.54) is 85.9 Å². The van der Waals surface area contributed by atoms with Gasteiger partial charge < -0.3 is 9.64 Å².